The van der Waals surface area contributed by atoms with Gasteiger partial charge in [-0.25, -0.2) is 9.18 Å². The van der Waals surface area contributed by atoms with Crippen molar-refractivity contribution in [3.63, 3.8) is 0 Å². The SMILES string of the molecule is COc1cc(NC(=O)NCCc2cccc(F)c2)c(OC)cc1Cl. The van der Waals surface area contributed by atoms with Gasteiger partial charge in [-0.05, 0) is 24.1 Å². The molecule has 24 heavy (non-hydrogen) atoms. The summed E-state index contributed by atoms with van der Waals surface area (Å²) < 4.78 is 23.4. The molecule has 0 atom stereocenters. The third-order valence-corrected chi connectivity index (χ3v) is 3.61. The number of anilines is 1. The van der Waals surface area contributed by atoms with E-state index in [9.17, 15) is 9.18 Å². The molecule has 2 aromatic carbocycles. The highest BCUT2D eigenvalue weighted by Gasteiger charge is 2.12. The number of hydrogen-bond donors (Lipinski definition) is 2. The third kappa shape index (κ3) is 4.76. The molecule has 0 aliphatic carbocycles. The maximum Gasteiger partial charge on any atom is 0.319 e. The number of nitrogens with one attached hydrogen (secondary N) is 2. The van der Waals surface area contributed by atoms with Gasteiger partial charge in [-0.3, -0.25) is 0 Å². The predicted octanol–water partition coefficient (Wildman–Crippen LogP) is 3.86. The second kappa shape index (κ2) is 8.40. The number of hydrogen-bond acceptors (Lipinski definition) is 3. The Balaban J connectivity index is 1.94. The molecule has 2 aromatic rings. The Morgan fingerprint density at radius 3 is 2.58 bits per heavy atom. The molecule has 0 aliphatic heterocycles. The fourth-order valence-electron chi connectivity index (χ4n) is 2.14. The second-order valence-electron chi connectivity index (χ2n) is 4.95. The number of amides is 2. The van der Waals surface area contributed by atoms with Crippen molar-refractivity contribution in [1.29, 1.82) is 0 Å². The number of halogens is 2. The van der Waals surface area contributed by atoms with E-state index < -0.39 is 6.03 Å². The Morgan fingerprint density at radius 1 is 1.17 bits per heavy atom. The van der Waals surface area contributed by atoms with Crippen molar-refractivity contribution < 1.29 is 18.7 Å². The van der Waals surface area contributed by atoms with Crippen LogP contribution in [0.15, 0.2) is 36.4 Å². The van der Waals surface area contributed by atoms with Crippen LogP contribution in [0.5, 0.6) is 11.5 Å². The summed E-state index contributed by atoms with van der Waals surface area (Å²) in [5.41, 5.74) is 1.24. The van der Waals surface area contributed by atoms with Crippen molar-refractivity contribution in [2.24, 2.45) is 0 Å². The Bertz CT molecular complexity index is 725. The largest absolute Gasteiger partial charge is 0.495 e. The Kier molecular flexibility index (Phi) is 6.26. The Hall–Kier alpha value is -2.47. The van der Waals surface area contributed by atoms with Crippen LogP contribution in [-0.4, -0.2) is 26.8 Å². The standard InChI is InChI=1S/C17H18ClFN2O3/c1-23-15-10-14(16(24-2)9-13(15)18)21-17(22)20-7-6-11-4-3-5-12(19)8-11/h3-5,8-10H,6-7H2,1-2H3,(H2,20,21,22). The van der Waals surface area contributed by atoms with E-state index >= 15 is 0 Å². The van der Waals surface area contributed by atoms with Gasteiger partial charge in [0.1, 0.15) is 17.3 Å². The Morgan fingerprint density at radius 2 is 1.92 bits per heavy atom. The molecule has 0 radical (unpaired) electrons. The van der Waals surface area contributed by atoms with Crippen molar-refractivity contribution in [2.75, 3.05) is 26.1 Å². The van der Waals surface area contributed by atoms with Gasteiger partial charge in [0.2, 0.25) is 0 Å². The third-order valence-electron chi connectivity index (χ3n) is 3.31. The molecule has 7 heteroatoms. The van der Waals surface area contributed by atoms with Crippen LogP contribution in [0.25, 0.3) is 0 Å². The number of carbonyl (C=O) groups is 1. The Labute approximate surface area is 144 Å². The van der Waals surface area contributed by atoms with Crippen molar-refractivity contribution >= 4 is 23.3 Å². The molecular formula is C17H18ClFN2O3. The number of urea groups is 1. The van der Waals surface area contributed by atoms with E-state index in [2.05, 4.69) is 10.6 Å². The summed E-state index contributed by atoms with van der Waals surface area (Å²) in [7, 11) is 2.96. The smallest absolute Gasteiger partial charge is 0.319 e. The van der Waals surface area contributed by atoms with Crippen LogP contribution in [0.3, 0.4) is 0 Å². The average Bonchev–Trinajstić information content (AvgIpc) is 2.56. The summed E-state index contributed by atoms with van der Waals surface area (Å²) in [6.07, 6.45) is 0.520. The molecule has 0 aromatic heterocycles. The van der Waals surface area contributed by atoms with Gasteiger partial charge in [0.15, 0.2) is 0 Å². The van der Waals surface area contributed by atoms with Crippen LogP contribution in [0.1, 0.15) is 5.56 Å². The summed E-state index contributed by atoms with van der Waals surface area (Å²) in [6, 6.07) is 8.98. The average molecular weight is 353 g/mol. The van der Waals surface area contributed by atoms with Crippen LogP contribution in [0.2, 0.25) is 5.02 Å². The minimum atomic E-state index is -0.408. The highest BCUT2D eigenvalue weighted by molar-refractivity contribution is 6.32. The maximum atomic E-state index is 13.1. The molecule has 128 valence electrons. The van der Waals surface area contributed by atoms with Gasteiger partial charge in [-0.2, -0.15) is 0 Å². The lowest BCUT2D eigenvalue weighted by molar-refractivity contribution is 0.252. The van der Waals surface area contributed by atoms with Crippen molar-refractivity contribution in [3.05, 3.63) is 52.8 Å². The van der Waals surface area contributed by atoms with E-state index in [1.54, 1.807) is 24.3 Å². The highest BCUT2D eigenvalue weighted by Crippen LogP contribution is 2.35. The van der Waals surface area contributed by atoms with Crippen LogP contribution < -0.4 is 20.1 Å². The van der Waals surface area contributed by atoms with E-state index in [0.717, 1.165) is 5.56 Å². The van der Waals surface area contributed by atoms with Crippen LogP contribution in [0, 0.1) is 5.82 Å². The zero-order chi connectivity index (χ0) is 17.5. The van der Waals surface area contributed by atoms with Gasteiger partial charge in [0, 0.05) is 18.7 Å². The summed E-state index contributed by atoms with van der Waals surface area (Å²) >= 11 is 6.02. The molecule has 5 nitrogen and oxygen atoms in total. The summed E-state index contributed by atoms with van der Waals surface area (Å²) in [5, 5.41) is 5.75. The summed E-state index contributed by atoms with van der Waals surface area (Å²) in [5.74, 6) is 0.545. The molecule has 0 aliphatic rings. The quantitative estimate of drug-likeness (QED) is 0.830. The highest BCUT2D eigenvalue weighted by atomic mass is 35.5. The zero-order valence-electron chi connectivity index (χ0n) is 13.4. The van der Waals surface area contributed by atoms with E-state index in [4.69, 9.17) is 21.1 Å². The number of methoxy groups -OCH3 is 2. The van der Waals surface area contributed by atoms with Crippen molar-refractivity contribution in [2.45, 2.75) is 6.42 Å². The van der Waals surface area contributed by atoms with E-state index in [1.807, 2.05) is 0 Å². The van der Waals surface area contributed by atoms with Gasteiger partial charge in [-0.1, -0.05) is 23.7 Å². The maximum absolute atomic E-state index is 13.1. The van der Waals surface area contributed by atoms with Crippen molar-refractivity contribution in [3.8, 4) is 11.5 Å². The predicted molar refractivity (Wildman–Crippen MR) is 91.7 cm³/mol. The molecule has 0 fully saturated rings. The van der Waals surface area contributed by atoms with E-state index in [0.29, 0.717) is 35.2 Å². The minimum Gasteiger partial charge on any atom is -0.495 e. The van der Waals surface area contributed by atoms with E-state index in [1.165, 1.54) is 26.4 Å². The topological polar surface area (TPSA) is 59.6 Å². The normalized spacial score (nSPS) is 10.2. The molecule has 2 N–H and O–H groups in total. The summed E-state index contributed by atoms with van der Waals surface area (Å²) in [4.78, 5) is 12.0. The monoisotopic (exact) mass is 352 g/mol. The lowest BCUT2D eigenvalue weighted by Gasteiger charge is -2.13. The second-order valence-corrected chi connectivity index (χ2v) is 5.36. The first kappa shape index (κ1) is 17.9. The fourth-order valence-corrected chi connectivity index (χ4v) is 2.37. The van der Waals surface area contributed by atoms with Gasteiger partial charge < -0.3 is 20.1 Å². The van der Waals surface area contributed by atoms with Crippen LogP contribution >= 0.6 is 11.6 Å². The molecule has 0 saturated carbocycles. The summed E-state index contributed by atoms with van der Waals surface area (Å²) in [6.45, 7) is 0.363. The molecule has 0 saturated heterocycles. The lowest BCUT2D eigenvalue weighted by Crippen LogP contribution is -2.30. The van der Waals surface area contributed by atoms with Crippen LogP contribution in [-0.2, 0) is 6.42 Å². The van der Waals surface area contributed by atoms with E-state index in [-0.39, 0.29) is 5.82 Å². The fraction of sp³-hybridized carbons (Fsp3) is 0.235. The zero-order valence-corrected chi connectivity index (χ0v) is 14.1. The number of rotatable bonds is 6. The molecule has 0 unspecified atom stereocenters. The van der Waals surface area contributed by atoms with Gasteiger partial charge >= 0.3 is 6.03 Å². The van der Waals surface area contributed by atoms with Crippen LogP contribution in [0.4, 0.5) is 14.9 Å². The lowest BCUT2D eigenvalue weighted by atomic mass is 10.1. The molecule has 0 bridgehead atoms. The minimum absolute atomic E-state index is 0.296. The number of ether oxygens (including phenoxy) is 2. The van der Waals surface area contributed by atoms with Crippen molar-refractivity contribution in [1.82, 2.24) is 5.32 Å². The molecule has 0 spiro atoms. The van der Waals surface area contributed by atoms with Gasteiger partial charge in [0.25, 0.3) is 0 Å². The first-order chi connectivity index (χ1) is 11.5. The molecule has 2 rings (SSSR count). The first-order valence-electron chi connectivity index (χ1n) is 7.24. The molecule has 2 amide bonds. The van der Waals surface area contributed by atoms with Gasteiger partial charge in [0.05, 0.1) is 24.9 Å². The van der Waals surface area contributed by atoms with Gasteiger partial charge in [-0.15, -0.1) is 0 Å². The first-order valence-corrected chi connectivity index (χ1v) is 7.62. The molecule has 0 heterocycles. The molecular weight excluding hydrogens is 335 g/mol. The number of carbonyl (C=O) groups excluding carboxylic acids is 1. The number of benzene rings is 2.